The molecule has 0 fully saturated rings. The highest BCUT2D eigenvalue weighted by Gasteiger charge is 2.18. The maximum absolute atomic E-state index is 9.21. The summed E-state index contributed by atoms with van der Waals surface area (Å²) < 4.78 is 22.3. The number of hydrogen-bond acceptors (Lipinski definition) is 3. The zero-order valence-electron chi connectivity index (χ0n) is 26.7. The van der Waals surface area contributed by atoms with Gasteiger partial charge in [0.2, 0.25) is 0 Å². The Morgan fingerprint density at radius 3 is 1.70 bits per heavy atom. The molecule has 3 heterocycles. The molecule has 0 atom stereocenters. The van der Waals surface area contributed by atoms with Crippen LogP contribution in [-0.2, 0) is 0 Å². The highest BCUT2D eigenvalue weighted by Crippen LogP contribution is 2.38. The van der Waals surface area contributed by atoms with Crippen LogP contribution in [0.1, 0.15) is 2.74 Å². The van der Waals surface area contributed by atoms with Crippen molar-refractivity contribution in [2.24, 2.45) is 0 Å². The molecule has 46 heavy (non-hydrogen) atoms. The lowest BCUT2D eigenvalue weighted by Gasteiger charge is -2.12. The second-order valence-electron chi connectivity index (χ2n) is 11.2. The van der Waals surface area contributed by atoms with Gasteiger partial charge in [-0.05, 0) is 42.4 Å². The molecule has 0 N–H and O–H groups in total. The van der Waals surface area contributed by atoms with Crippen molar-refractivity contribution < 1.29 is 2.74 Å². The third-order valence-corrected chi connectivity index (χ3v) is 8.42. The Morgan fingerprint density at radius 2 is 1.00 bits per heavy atom. The molecule has 0 spiro atoms. The predicted molar refractivity (Wildman–Crippen MR) is 187 cm³/mol. The Labute approximate surface area is 268 Å². The average Bonchev–Trinajstić information content (AvgIpc) is 3.63. The number of hydrogen-bond donors (Lipinski definition) is 0. The van der Waals surface area contributed by atoms with Crippen molar-refractivity contribution in [3.05, 3.63) is 164 Å². The summed E-state index contributed by atoms with van der Waals surface area (Å²) in [4.78, 5) is 14.8. The minimum atomic E-state index is 0.154. The van der Waals surface area contributed by atoms with E-state index in [2.05, 4.69) is 34.9 Å². The summed E-state index contributed by atoms with van der Waals surface area (Å²) >= 11 is 0. The quantitative estimate of drug-likeness (QED) is 0.200. The first kappa shape index (κ1) is 24.0. The molecule has 216 valence electrons. The van der Waals surface area contributed by atoms with Gasteiger partial charge in [-0.3, -0.25) is 0 Å². The maximum atomic E-state index is 9.21. The van der Waals surface area contributed by atoms with E-state index in [0.717, 1.165) is 60.8 Å². The van der Waals surface area contributed by atoms with Crippen molar-refractivity contribution in [3.8, 4) is 45.5 Å². The van der Waals surface area contributed by atoms with Crippen molar-refractivity contribution in [2.75, 3.05) is 0 Å². The first-order valence-electron chi connectivity index (χ1n) is 16.2. The van der Waals surface area contributed by atoms with Gasteiger partial charge < -0.3 is 9.13 Å². The molecular weight excluding hydrogens is 562 g/mol. The van der Waals surface area contributed by atoms with Crippen LogP contribution in [0.3, 0.4) is 0 Å². The van der Waals surface area contributed by atoms with Crippen LogP contribution in [0.25, 0.3) is 78.2 Å². The molecule has 0 aliphatic rings. The van der Waals surface area contributed by atoms with E-state index in [4.69, 9.17) is 16.3 Å². The normalized spacial score (nSPS) is 12.1. The van der Waals surface area contributed by atoms with Crippen LogP contribution in [0.2, 0.25) is 0 Å². The Hall–Kier alpha value is -6.33. The van der Waals surface area contributed by atoms with Crippen LogP contribution in [-0.4, -0.2) is 24.1 Å². The van der Waals surface area contributed by atoms with Gasteiger partial charge in [-0.25, -0.2) is 15.0 Å². The Bertz CT molecular complexity index is 2570. The molecular formula is C41H27N5. The molecule has 5 heteroatoms. The summed E-state index contributed by atoms with van der Waals surface area (Å²) in [7, 11) is 0. The van der Waals surface area contributed by atoms with Gasteiger partial charge in [0.05, 0.1) is 19.3 Å². The van der Waals surface area contributed by atoms with E-state index < -0.39 is 0 Å². The zero-order valence-corrected chi connectivity index (χ0v) is 24.7. The van der Waals surface area contributed by atoms with Crippen LogP contribution in [0.4, 0.5) is 0 Å². The van der Waals surface area contributed by atoms with E-state index in [0.29, 0.717) is 17.5 Å². The average molecular weight is 592 g/mol. The summed E-state index contributed by atoms with van der Waals surface area (Å²) in [5.41, 5.74) is 7.16. The molecule has 0 bridgehead atoms. The molecule has 6 aromatic carbocycles. The Morgan fingerprint density at radius 1 is 0.435 bits per heavy atom. The number of rotatable bonds is 5. The molecule has 0 amide bonds. The van der Waals surface area contributed by atoms with E-state index >= 15 is 0 Å². The maximum Gasteiger partial charge on any atom is 0.164 e. The van der Waals surface area contributed by atoms with Gasteiger partial charge in [0.25, 0.3) is 0 Å². The lowest BCUT2D eigenvalue weighted by Crippen LogP contribution is -2.01. The second-order valence-corrected chi connectivity index (χ2v) is 11.2. The number of aromatic nitrogens is 5. The van der Waals surface area contributed by atoms with Gasteiger partial charge in [0.15, 0.2) is 17.5 Å². The van der Waals surface area contributed by atoms with Gasteiger partial charge in [0.1, 0.15) is 0 Å². The molecule has 0 radical (unpaired) electrons. The summed E-state index contributed by atoms with van der Waals surface area (Å²) in [5.74, 6) is 1.78. The molecule has 0 aliphatic heterocycles. The lowest BCUT2D eigenvalue weighted by molar-refractivity contribution is 1.07. The molecule has 0 unspecified atom stereocenters. The first-order chi connectivity index (χ1) is 23.7. The van der Waals surface area contributed by atoms with E-state index in [-0.39, 0.29) is 12.2 Å². The number of benzene rings is 6. The molecule has 5 nitrogen and oxygen atoms in total. The highest BCUT2D eigenvalue weighted by atomic mass is 15.0. The molecule has 9 rings (SSSR count). The summed E-state index contributed by atoms with van der Waals surface area (Å²) in [6.07, 6.45) is 0.154. The summed E-state index contributed by atoms with van der Waals surface area (Å²) in [5, 5.41) is 2.84. The fourth-order valence-electron chi connectivity index (χ4n) is 6.30. The summed E-state index contributed by atoms with van der Waals surface area (Å²) in [6, 6.07) is 50.6. The highest BCUT2D eigenvalue weighted by molar-refractivity contribution is 6.18. The lowest BCUT2D eigenvalue weighted by atomic mass is 10.1. The smallest absolute Gasteiger partial charge is 0.164 e. The third kappa shape index (κ3) is 4.29. The van der Waals surface area contributed by atoms with E-state index in [1.54, 1.807) is 0 Å². The topological polar surface area (TPSA) is 48.5 Å². The van der Waals surface area contributed by atoms with Crippen molar-refractivity contribution in [1.29, 1.82) is 0 Å². The van der Waals surface area contributed by atoms with E-state index in [1.807, 2.05) is 126 Å². The predicted octanol–water partition coefficient (Wildman–Crippen LogP) is 9.91. The molecule has 9 aromatic rings. The monoisotopic (exact) mass is 591 g/mol. The largest absolute Gasteiger partial charge is 0.316 e. The second kappa shape index (κ2) is 10.7. The first-order valence-corrected chi connectivity index (χ1v) is 15.2. The van der Waals surface area contributed by atoms with Crippen molar-refractivity contribution >= 4 is 32.7 Å². The van der Waals surface area contributed by atoms with Gasteiger partial charge in [-0.15, -0.1) is 0 Å². The molecule has 0 saturated carbocycles. The van der Waals surface area contributed by atoms with Gasteiger partial charge in [-0.1, -0.05) is 115 Å². The van der Waals surface area contributed by atoms with Crippen LogP contribution >= 0.6 is 0 Å². The molecule has 0 aliphatic carbocycles. The zero-order chi connectivity index (χ0) is 32.2. The minimum Gasteiger partial charge on any atom is -0.316 e. The summed E-state index contributed by atoms with van der Waals surface area (Å²) in [6.45, 7) is 0. The fourth-order valence-corrected chi connectivity index (χ4v) is 6.30. The standard InChI is InChI=1S/C41H27N5/c1-4-13-28(14-5-1)39-42-40(29-15-6-2-7-16-29)44-41(43-39)30-17-12-20-32(27-30)46-37-22-11-10-21-33(37)34-23-24-36-35(38(34)46)25-26-45(36)31-18-8-3-9-19-31/h1-27H/i25D,26D. The van der Waals surface area contributed by atoms with Crippen molar-refractivity contribution in [3.63, 3.8) is 0 Å². The molecule has 3 aromatic heterocycles. The number of nitrogens with zero attached hydrogens (tertiary/aromatic N) is 5. The van der Waals surface area contributed by atoms with E-state index in [9.17, 15) is 1.37 Å². The number of fused-ring (bicyclic) bond motifs is 5. The Balaban J connectivity index is 1.30. The Kier molecular flexibility index (Phi) is 5.58. The fraction of sp³-hybridized carbons (Fsp3) is 0. The van der Waals surface area contributed by atoms with Gasteiger partial charge in [0, 0.05) is 50.4 Å². The van der Waals surface area contributed by atoms with Crippen LogP contribution < -0.4 is 0 Å². The van der Waals surface area contributed by atoms with Crippen molar-refractivity contribution in [2.45, 2.75) is 0 Å². The van der Waals surface area contributed by atoms with Crippen LogP contribution in [0.15, 0.2) is 164 Å². The molecule has 0 saturated heterocycles. The SMILES string of the molecule is [2H]c1c([2H])n(-c2ccccc2)c2ccc3c4ccccc4n(-c4cccc(-c5nc(-c6ccccc6)nc(-c6ccccc6)n5)c4)c3c12. The van der Waals surface area contributed by atoms with Crippen LogP contribution in [0.5, 0.6) is 0 Å². The third-order valence-electron chi connectivity index (χ3n) is 8.42. The number of para-hydroxylation sites is 2. The minimum absolute atomic E-state index is 0.154. The van der Waals surface area contributed by atoms with E-state index in [1.165, 1.54) is 0 Å². The van der Waals surface area contributed by atoms with Gasteiger partial charge in [-0.2, -0.15) is 0 Å². The van der Waals surface area contributed by atoms with Gasteiger partial charge >= 0.3 is 0 Å². The van der Waals surface area contributed by atoms with Crippen LogP contribution in [0, 0.1) is 0 Å². The van der Waals surface area contributed by atoms with Crippen molar-refractivity contribution in [1.82, 2.24) is 24.1 Å².